The largest absolute Gasteiger partial charge is 0.216 e. The molecule has 2 rings (SSSR count). The zero-order chi connectivity index (χ0) is 16.0. The van der Waals surface area contributed by atoms with Crippen molar-refractivity contribution >= 4 is 10.0 Å². The highest BCUT2D eigenvalue weighted by Gasteiger charge is 2.10. The van der Waals surface area contributed by atoms with Crippen molar-refractivity contribution in [2.75, 3.05) is 6.54 Å². The second-order valence-corrected chi connectivity index (χ2v) is 6.66. The first kappa shape index (κ1) is 16.2. The highest BCUT2D eigenvalue weighted by molar-refractivity contribution is 7.88. The number of nitrogens with one attached hydrogen (secondary N) is 1. The summed E-state index contributed by atoms with van der Waals surface area (Å²) in [4.78, 5) is 0. The van der Waals surface area contributed by atoms with Gasteiger partial charge in [-0.15, -0.1) is 0 Å². The number of sulfonamides is 1. The average molecular weight is 317 g/mol. The molecule has 0 aliphatic heterocycles. The van der Waals surface area contributed by atoms with E-state index in [0.29, 0.717) is 0 Å². The molecule has 0 saturated carbocycles. The van der Waals surface area contributed by atoms with Crippen LogP contribution in [0.15, 0.2) is 48.5 Å². The molecule has 2 aromatic rings. The Kier molecular flexibility index (Phi) is 5.31. The minimum absolute atomic E-state index is 0.0531. The van der Waals surface area contributed by atoms with Gasteiger partial charge in [-0.3, -0.25) is 0 Å². The quantitative estimate of drug-likeness (QED) is 0.881. The van der Waals surface area contributed by atoms with Gasteiger partial charge in [-0.25, -0.2) is 17.5 Å². The Bertz CT molecular complexity index is 820. The van der Waals surface area contributed by atoms with Gasteiger partial charge in [0.15, 0.2) is 0 Å². The van der Waals surface area contributed by atoms with Crippen molar-refractivity contribution in [3.05, 3.63) is 71.0 Å². The maximum atomic E-state index is 13.3. The molecule has 0 aliphatic carbocycles. The standard InChI is InChI=1S/C17H16FNO2S/c1-14-6-4-7-15(12-14)13-22(20,21)19-11-5-9-16-8-2-3-10-17(16)18/h2-4,6-8,10,12,19H,11,13H2,1H3. The van der Waals surface area contributed by atoms with Crippen LogP contribution in [0.25, 0.3) is 0 Å². The molecule has 0 aromatic heterocycles. The summed E-state index contributed by atoms with van der Waals surface area (Å²) in [7, 11) is -3.46. The molecular formula is C17H16FNO2S. The van der Waals surface area contributed by atoms with Crippen molar-refractivity contribution < 1.29 is 12.8 Å². The third kappa shape index (κ3) is 4.99. The fraction of sp³-hybridized carbons (Fsp3) is 0.176. The molecule has 0 unspecified atom stereocenters. The maximum Gasteiger partial charge on any atom is 0.216 e. The number of aryl methyl sites for hydroxylation is 1. The molecule has 2 aromatic carbocycles. The average Bonchev–Trinajstić information content (AvgIpc) is 2.45. The molecule has 0 fully saturated rings. The summed E-state index contributed by atoms with van der Waals surface area (Å²) in [5, 5.41) is 0. The van der Waals surface area contributed by atoms with E-state index in [4.69, 9.17) is 0 Å². The van der Waals surface area contributed by atoms with Gasteiger partial charge in [0.05, 0.1) is 17.9 Å². The van der Waals surface area contributed by atoms with Crippen LogP contribution >= 0.6 is 0 Å². The molecule has 0 aliphatic rings. The van der Waals surface area contributed by atoms with E-state index < -0.39 is 15.8 Å². The summed E-state index contributed by atoms with van der Waals surface area (Å²) in [6.07, 6.45) is 0. The van der Waals surface area contributed by atoms with Crippen LogP contribution in [-0.2, 0) is 15.8 Å². The zero-order valence-electron chi connectivity index (χ0n) is 12.1. The van der Waals surface area contributed by atoms with Gasteiger partial charge in [-0.05, 0) is 24.6 Å². The van der Waals surface area contributed by atoms with E-state index in [-0.39, 0.29) is 17.9 Å². The molecule has 0 saturated heterocycles. The van der Waals surface area contributed by atoms with Crippen LogP contribution in [0, 0.1) is 24.6 Å². The SMILES string of the molecule is Cc1cccc(CS(=O)(=O)NCC#Cc2ccccc2F)c1. The molecule has 22 heavy (non-hydrogen) atoms. The van der Waals surface area contributed by atoms with Crippen molar-refractivity contribution in [2.24, 2.45) is 0 Å². The summed E-state index contributed by atoms with van der Waals surface area (Å²) in [6, 6.07) is 13.4. The lowest BCUT2D eigenvalue weighted by Crippen LogP contribution is -2.25. The van der Waals surface area contributed by atoms with Gasteiger partial charge in [0.25, 0.3) is 0 Å². The lowest BCUT2D eigenvalue weighted by atomic mass is 10.2. The Morgan fingerprint density at radius 3 is 2.64 bits per heavy atom. The lowest BCUT2D eigenvalue weighted by molar-refractivity contribution is 0.585. The van der Waals surface area contributed by atoms with Gasteiger partial charge >= 0.3 is 0 Å². The summed E-state index contributed by atoms with van der Waals surface area (Å²) < 4.78 is 39.6. The zero-order valence-corrected chi connectivity index (χ0v) is 13.0. The number of hydrogen-bond acceptors (Lipinski definition) is 2. The Hall–Kier alpha value is -2.16. The van der Waals surface area contributed by atoms with E-state index >= 15 is 0 Å². The van der Waals surface area contributed by atoms with Crippen LogP contribution in [0.5, 0.6) is 0 Å². The van der Waals surface area contributed by atoms with Crippen molar-refractivity contribution in [1.82, 2.24) is 4.72 Å². The highest BCUT2D eigenvalue weighted by atomic mass is 32.2. The van der Waals surface area contributed by atoms with E-state index in [1.807, 2.05) is 25.1 Å². The van der Waals surface area contributed by atoms with Crippen molar-refractivity contribution in [1.29, 1.82) is 0 Å². The Balaban J connectivity index is 1.95. The van der Waals surface area contributed by atoms with Crippen molar-refractivity contribution in [2.45, 2.75) is 12.7 Å². The second-order valence-electron chi connectivity index (χ2n) is 4.85. The molecule has 0 heterocycles. The molecule has 0 spiro atoms. The fourth-order valence-corrected chi connectivity index (χ4v) is 2.93. The molecule has 0 amide bonds. The first-order chi connectivity index (χ1) is 10.5. The number of halogens is 1. The van der Waals surface area contributed by atoms with E-state index in [2.05, 4.69) is 16.6 Å². The van der Waals surface area contributed by atoms with E-state index in [1.54, 1.807) is 24.3 Å². The van der Waals surface area contributed by atoms with Crippen LogP contribution in [-0.4, -0.2) is 15.0 Å². The van der Waals surface area contributed by atoms with Gasteiger partial charge in [0.2, 0.25) is 10.0 Å². The molecule has 5 heteroatoms. The van der Waals surface area contributed by atoms with Crippen molar-refractivity contribution in [3.8, 4) is 11.8 Å². The normalized spacial score (nSPS) is 10.8. The van der Waals surface area contributed by atoms with E-state index in [9.17, 15) is 12.8 Å². The van der Waals surface area contributed by atoms with Gasteiger partial charge in [0, 0.05) is 0 Å². The Morgan fingerprint density at radius 2 is 1.91 bits per heavy atom. The molecule has 114 valence electrons. The molecule has 0 bridgehead atoms. The van der Waals surface area contributed by atoms with Gasteiger partial charge in [-0.1, -0.05) is 53.8 Å². The van der Waals surface area contributed by atoms with E-state index in [1.165, 1.54) is 6.07 Å². The van der Waals surface area contributed by atoms with Crippen LogP contribution in [0.4, 0.5) is 4.39 Å². The Labute approximate surface area is 130 Å². The molecule has 1 N–H and O–H groups in total. The minimum Gasteiger partial charge on any atom is -0.212 e. The predicted molar refractivity (Wildman–Crippen MR) is 85.1 cm³/mol. The summed E-state index contributed by atoms with van der Waals surface area (Å²) in [5.41, 5.74) is 1.97. The van der Waals surface area contributed by atoms with Crippen LogP contribution < -0.4 is 4.72 Å². The molecule has 0 radical (unpaired) electrons. The van der Waals surface area contributed by atoms with Crippen molar-refractivity contribution in [3.63, 3.8) is 0 Å². The number of rotatable bonds is 4. The minimum atomic E-state index is -3.46. The highest BCUT2D eigenvalue weighted by Crippen LogP contribution is 2.07. The van der Waals surface area contributed by atoms with E-state index in [0.717, 1.165) is 11.1 Å². The summed E-state index contributed by atoms with van der Waals surface area (Å²) >= 11 is 0. The third-order valence-corrected chi connectivity index (χ3v) is 4.21. The van der Waals surface area contributed by atoms with Gasteiger partial charge in [0.1, 0.15) is 5.82 Å². The smallest absolute Gasteiger partial charge is 0.212 e. The van der Waals surface area contributed by atoms with Gasteiger partial charge < -0.3 is 0 Å². The monoisotopic (exact) mass is 317 g/mol. The van der Waals surface area contributed by atoms with Gasteiger partial charge in [-0.2, -0.15) is 0 Å². The second kappa shape index (κ2) is 7.21. The number of benzene rings is 2. The number of hydrogen-bond donors (Lipinski definition) is 1. The van der Waals surface area contributed by atoms with Crippen LogP contribution in [0.2, 0.25) is 0 Å². The first-order valence-corrected chi connectivity index (χ1v) is 8.38. The predicted octanol–water partition coefficient (Wildman–Crippen LogP) is 2.61. The van der Waals surface area contributed by atoms with Crippen LogP contribution in [0.3, 0.4) is 0 Å². The summed E-state index contributed by atoms with van der Waals surface area (Å²) in [5.74, 6) is 4.70. The lowest BCUT2D eigenvalue weighted by Gasteiger charge is -2.04. The molecular weight excluding hydrogens is 301 g/mol. The Morgan fingerprint density at radius 1 is 1.14 bits per heavy atom. The third-order valence-electron chi connectivity index (χ3n) is 2.92. The fourth-order valence-electron chi connectivity index (χ4n) is 1.92. The maximum absolute atomic E-state index is 13.3. The first-order valence-electron chi connectivity index (χ1n) is 6.72. The molecule has 3 nitrogen and oxygen atoms in total. The molecule has 0 atom stereocenters. The summed E-state index contributed by atoms with van der Waals surface area (Å²) in [6.45, 7) is 1.85. The topological polar surface area (TPSA) is 46.2 Å². The van der Waals surface area contributed by atoms with Crippen LogP contribution in [0.1, 0.15) is 16.7 Å².